The standard InChI is InChI=1S/C22H25ClN4O2/c1-15(2)26-12-20(28)27(11-17-4-6-18(23)7-5-17)22(21(26)29)13-25(14-22)19-10-16(3)8-9-24-19/h4-10,15H,11-14H2,1-3H3. The van der Waals surface area contributed by atoms with E-state index >= 15 is 0 Å². The number of carbonyl (C=O) groups excluding carboxylic acids is 2. The molecule has 0 N–H and O–H groups in total. The molecule has 1 spiro atoms. The number of nitrogens with zero attached hydrogens (tertiary/aromatic N) is 4. The first-order chi connectivity index (χ1) is 13.8. The van der Waals surface area contributed by atoms with Crippen molar-refractivity contribution in [2.75, 3.05) is 24.5 Å². The Morgan fingerprint density at radius 2 is 1.83 bits per heavy atom. The highest BCUT2D eigenvalue weighted by molar-refractivity contribution is 6.30. The van der Waals surface area contributed by atoms with Crippen LogP contribution >= 0.6 is 11.6 Å². The number of aromatic nitrogens is 1. The van der Waals surface area contributed by atoms with Crippen LogP contribution in [0.5, 0.6) is 0 Å². The molecule has 1 aromatic carbocycles. The molecule has 0 radical (unpaired) electrons. The van der Waals surface area contributed by atoms with Gasteiger partial charge in [0.15, 0.2) is 5.54 Å². The lowest BCUT2D eigenvalue weighted by molar-refractivity contribution is -0.170. The number of hydrogen-bond donors (Lipinski definition) is 0. The lowest BCUT2D eigenvalue weighted by Crippen LogP contribution is -2.81. The molecule has 2 aliphatic rings. The van der Waals surface area contributed by atoms with Gasteiger partial charge in [-0.15, -0.1) is 0 Å². The van der Waals surface area contributed by atoms with Crippen LogP contribution in [0.25, 0.3) is 0 Å². The largest absolute Gasteiger partial charge is 0.351 e. The van der Waals surface area contributed by atoms with E-state index in [0.717, 1.165) is 16.9 Å². The SMILES string of the molecule is Cc1ccnc(N2CC3(C2)C(=O)N(C(C)C)CC(=O)N3Cc2ccc(Cl)cc2)c1. The van der Waals surface area contributed by atoms with E-state index in [1.165, 1.54) is 0 Å². The molecule has 2 aromatic rings. The molecule has 0 unspecified atom stereocenters. The maximum absolute atomic E-state index is 13.5. The maximum atomic E-state index is 13.5. The van der Waals surface area contributed by atoms with Gasteiger partial charge in [-0.05, 0) is 56.2 Å². The Hall–Kier alpha value is -2.60. The van der Waals surface area contributed by atoms with Crippen molar-refractivity contribution in [3.05, 3.63) is 58.7 Å². The minimum absolute atomic E-state index is 0.0185. The van der Waals surface area contributed by atoms with Gasteiger partial charge in [-0.1, -0.05) is 23.7 Å². The van der Waals surface area contributed by atoms with Crippen molar-refractivity contribution >= 4 is 29.2 Å². The Morgan fingerprint density at radius 3 is 2.45 bits per heavy atom. The second-order valence-corrected chi connectivity index (χ2v) is 8.65. The fourth-order valence-electron chi connectivity index (χ4n) is 4.10. The highest BCUT2D eigenvalue weighted by atomic mass is 35.5. The Morgan fingerprint density at radius 1 is 1.14 bits per heavy atom. The highest BCUT2D eigenvalue weighted by Crippen LogP contribution is 2.37. The lowest BCUT2D eigenvalue weighted by Gasteiger charge is -2.59. The van der Waals surface area contributed by atoms with Crippen LogP contribution in [0.2, 0.25) is 5.02 Å². The van der Waals surface area contributed by atoms with Gasteiger partial charge in [0.2, 0.25) is 5.91 Å². The average molecular weight is 413 g/mol. The first kappa shape index (κ1) is 19.7. The van der Waals surface area contributed by atoms with E-state index in [2.05, 4.69) is 9.88 Å². The predicted molar refractivity (Wildman–Crippen MR) is 113 cm³/mol. The number of halogens is 1. The second-order valence-electron chi connectivity index (χ2n) is 8.21. The molecule has 152 valence electrons. The lowest BCUT2D eigenvalue weighted by atomic mass is 9.82. The highest BCUT2D eigenvalue weighted by Gasteiger charge is 2.60. The van der Waals surface area contributed by atoms with Crippen LogP contribution < -0.4 is 4.90 Å². The van der Waals surface area contributed by atoms with Crippen molar-refractivity contribution in [2.24, 2.45) is 0 Å². The van der Waals surface area contributed by atoms with Crippen molar-refractivity contribution in [1.82, 2.24) is 14.8 Å². The normalized spacial score (nSPS) is 18.6. The van der Waals surface area contributed by atoms with Gasteiger partial charge in [-0.3, -0.25) is 9.59 Å². The van der Waals surface area contributed by atoms with Gasteiger partial charge in [-0.2, -0.15) is 0 Å². The first-order valence-electron chi connectivity index (χ1n) is 9.84. The fourth-order valence-corrected chi connectivity index (χ4v) is 4.23. The monoisotopic (exact) mass is 412 g/mol. The number of pyridine rings is 1. The van der Waals surface area contributed by atoms with Crippen LogP contribution in [0, 0.1) is 6.92 Å². The zero-order valence-electron chi connectivity index (χ0n) is 16.9. The van der Waals surface area contributed by atoms with Crippen molar-refractivity contribution in [1.29, 1.82) is 0 Å². The van der Waals surface area contributed by atoms with Crippen LogP contribution in [0.1, 0.15) is 25.0 Å². The van der Waals surface area contributed by atoms with Crippen LogP contribution in [0.3, 0.4) is 0 Å². The quantitative estimate of drug-likeness (QED) is 0.774. The number of carbonyl (C=O) groups is 2. The molecule has 4 rings (SSSR count). The van der Waals surface area contributed by atoms with Crippen LogP contribution in [-0.2, 0) is 16.1 Å². The number of rotatable bonds is 4. The summed E-state index contributed by atoms with van der Waals surface area (Å²) < 4.78 is 0. The van der Waals surface area contributed by atoms with E-state index in [0.29, 0.717) is 24.7 Å². The zero-order chi connectivity index (χ0) is 20.8. The fraction of sp³-hybridized carbons (Fsp3) is 0.409. The smallest absolute Gasteiger partial charge is 0.252 e. The molecule has 0 saturated carbocycles. The number of benzene rings is 1. The Bertz CT molecular complexity index is 938. The molecule has 2 saturated heterocycles. The maximum Gasteiger partial charge on any atom is 0.252 e. The molecule has 6 nitrogen and oxygen atoms in total. The van der Waals surface area contributed by atoms with Gasteiger partial charge < -0.3 is 14.7 Å². The van der Waals surface area contributed by atoms with Gasteiger partial charge in [0, 0.05) is 23.8 Å². The van der Waals surface area contributed by atoms with Crippen molar-refractivity contribution in [3.63, 3.8) is 0 Å². The molecule has 2 amide bonds. The van der Waals surface area contributed by atoms with Gasteiger partial charge in [0.05, 0.1) is 13.1 Å². The number of piperazine rings is 1. The number of aryl methyl sites for hydroxylation is 1. The second kappa shape index (κ2) is 7.34. The summed E-state index contributed by atoms with van der Waals surface area (Å²) in [6, 6.07) is 11.4. The molecular formula is C22H25ClN4O2. The van der Waals surface area contributed by atoms with E-state index in [-0.39, 0.29) is 24.4 Å². The number of anilines is 1. The Kier molecular flexibility index (Phi) is 4.99. The van der Waals surface area contributed by atoms with E-state index in [1.54, 1.807) is 16.0 Å². The number of hydrogen-bond acceptors (Lipinski definition) is 4. The van der Waals surface area contributed by atoms with Crippen molar-refractivity contribution < 1.29 is 9.59 Å². The first-order valence-corrected chi connectivity index (χ1v) is 10.2. The molecule has 7 heteroatoms. The number of amides is 2. The van der Waals surface area contributed by atoms with E-state index in [4.69, 9.17) is 11.6 Å². The molecule has 2 fully saturated rings. The van der Waals surface area contributed by atoms with E-state index in [9.17, 15) is 9.59 Å². The minimum atomic E-state index is -0.856. The molecule has 0 bridgehead atoms. The van der Waals surface area contributed by atoms with Crippen LogP contribution in [-0.4, -0.2) is 57.8 Å². The van der Waals surface area contributed by atoms with Gasteiger partial charge in [-0.25, -0.2) is 4.98 Å². The average Bonchev–Trinajstić information content (AvgIpc) is 2.64. The zero-order valence-corrected chi connectivity index (χ0v) is 17.7. The molecule has 3 heterocycles. The summed E-state index contributed by atoms with van der Waals surface area (Å²) in [5, 5.41) is 0.649. The molecule has 0 aliphatic carbocycles. The van der Waals surface area contributed by atoms with Gasteiger partial charge >= 0.3 is 0 Å². The molecule has 1 aromatic heterocycles. The third kappa shape index (κ3) is 3.46. The van der Waals surface area contributed by atoms with Crippen LogP contribution in [0.4, 0.5) is 5.82 Å². The van der Waals surface area contributed by atoms with Crippen molar-refractivity contribution in [3.8, 4) is 0 Å². The Labute approximate surface area is 176 Å². The topological polar surface area (TPSA) is 56.8 Å². The summed E-state index contributed by atoms with van der Waals surface area (Å²) in [7, 11) is 0. The van der Waals surface area contributed by atoms with E-state index in [1.807, 2.05) is 57.2 Å². The summed E-state index contributed by atoms with van der Waals surface area (Å²) >= 11 is 6.00. The molecular weight excluding hydrogens is 388 g/mol. The third-order valence-corrected chi connectivity index (χ3v) is 6.04. The summed E-state index contributed by atoms with van der Waals surface area (Å²) in [6.45, 7) is 7.33. The summed E-state index contributed by atoms with van der Waals surface area (Å²) in [6.07, 6.45) is 1.77. The van der Waals surface area contributed by atoms with Gasteiger partial charge in [0.1, 0.15) is 12.4 Å². The summed E-state index contributed by atoms with van der Waals surface area (Å²) in [5.74, 6) is 0.832. The van der Waals surface area contributed by atoms with E-state index < -0.39 is 5.54 Å². The summed E-state index contributed by atoms with van der Waals surface area (Å²) in [4.78, 5) is 36.5. The van der Waals surface area contributed by atoms with Gasteiger partial charge in [0.25, 0.3) is 5.91 Å². The molecule has 29 heavy (non-hydrogen) atoms. The van der Waals surface area contributed by atoms with Crippen molar-refractivity contribution in [2.45, 2.75) is 38.9 Å². The predicted octanol–water partition coefficient (Wildman–Crippen LogP) is 2.88. The molecule has 2 aliphatic heterocycles. The molecule has 0 atom stereocenters. The minimum Gasteiger partial charge on any atom is -0.351 e. The Balaban J connectivity index is 1.64. The van der Waals surface area contributed by atoms with Crippen LogP contribution in [0.15, 0.2) is 42.6 Å². The third-order valence-electron chi connectivity index (χ3n) is 5.79. The summed E-state index contributed by atoms with van der Waals surface area (Å²) in [5.41, 5.74) is 1.22.